The number of aryl methyl sites for hydroxylation is 2. The number of amides is 1. The van der Waals surface area contributed by atoms with Crippen LogP contribution in [0.5, 0.6) is 0 Å². The van der Waals surface area contributed by atoms with Crippen molar-refractivity contribution in [1.29, 1.82) is 0 Å². The van der Waals surface area contributed by atoms with Gasteiger partial charge in [0.25, 0.3) is 5.56 Å². The van der Waals surface area contributed by atoms with E-state index in [1.807, 2.05) is 18.2 Å². The Morgan fingerprint density at radius 3 is 2.97 bits per heavy atom. The number of hydrogen-bond acceptors (Lipinski definition) is 7. The summed E-state index contributed by atoms with van der Waals surface area (Å²) >= 11 is 3.10. The first-order valence-corrected chi connectivity index (χ1v) is 12.9. The lowest BCUT2D eigenvalue weighted by molar-refractivity contribution is -0.113. The van der Waals surface area contributed by atoms with Gasteiger partial charge in [0.2, 0.25) is 5.91 Å². The predicted molar refractivity (Wildman–Crippen MR) is 130 cm³/mol. The molecule has 0 radical (unpaired) electrons. The van der Waals surface area contributed by atoms with Crippen LogP contribution in [-0.4, -0.2) is 52.8 Å². The number of para-hydroxylation sites is 1. The van der Waals surface area contributed by atoms with Gasteiger partial charge in [-0.15, -0.1) is 23.1 Å². The number of aromatic nitrogens is 2. The van der Waals surface area contributed by atoms with Crippen molar-refractivity contribution < 1.29 is 9.53 Å². The number of fused-ring (bicyclic) bond motifs is 3. The van der Waals surface area contributed by atoms with E-state index in [9.17, 15) is 9.59 Å². The lowest BCUT2D eigenvalue weighted by Crippen LogP contribution is -2.35. The summed E-state index contributed by atoms with van der Waals surface area (Å²) in [6, 6.07) is 7.94. The van der Waals surface area contributed by atoms with Crippen LogP contribution in [0.2, 0.25) is 0 Å². The molecule has 7 nitrogen and oxygen atoms in total. The summed E-state index contributed by atoms with van der Waals surface area (Å²) in [5.41, 5.74) is 3.10. The van der Waals surface area contributed by atoms with E-state index in [1.54, 1.807) is 11.3 Å². The SMILES string of the molecule is O=C(CSCc1nc2sc3c(c2c(=O)[nH]1)CCC3)Nc1ccccc1CN1CCOCC1. The van der Waals surface area contributed by atoms with Crippen molar-refractivity contribution in [2.24, 2.45) is 0 Å². The second-order valence-corrected chi connectivity index (χ2v) is 10.2. The Kier molecular flexibility index (Phi) is 6.59. The molecule has 0 atom stereocenters. The maximum atomic E-state index is 12.6. The molecule has 0 bridgehead atoms. The number of benzene rings is 1. The van der Waals surface area contributed by atoms with Crippen LogP contribution in [0.4, 0.5) is 5.69 Å². The third kappa shape index (κ3) is 4.76. The molecule has 0 saturated carbocycles. The van der Waals surface area contributed by atoms with E-state index in [2.05, 4.69) is 26.3 Å². The minimum absolute atomic E-state index is 0.0495. The van der Waals surface area contributed by atoms with Crippen molar-refractivity contribution in [2.75, 3.05) is 37.4 Å². The molecule has 3 heterocycles. The number of nitrogens with one attached hydrogen (secondary N) is 2. The van der Waals surface area contributed by atoms with Crippen LogP contribution < -0.4 is 10.9 Å². The van der Waals surface area contributed by atoms with Crippen LogP contribution in [0.25, 0.3) is 10.2 Å². The third-order valence-electron chi connectivity index (χ3n) is 5.89. The number of H-pyrrole nitrogens is 1. The number of carbonyl (C=O) groups is 1. The Balaban J connectivity index is 1.18. The molecule has 2 N–H and O–H groups in total. The van der Waals surface area contributed by atoms with Gasteiger partial charge < -0.3 is 15.0 Å². The first-order valence-electron chi connectivity index (χ1n) is 11.0. The second kappa shape index (κ2) is 9.74. The van der Waals surface area contributed by atoms with Gasteiger partial charge >= 0.3 is 0 Å². The monoisotopic (exact) mass is 470 g/mol. The summed E-state index contributed by atoms with van der Waals surface area (Å²) in [5, 5.41) is 3.81. The molecule has 1 saturated heterocycles. The van der Waals surface area contributed by atoms with Gasteiger partial charge in [-0.25, -0.2) is 4.98 Å². The van der Waals surface area contributed by atoms with Gasteiger partial charge in [-0.1, -0.05) is 18.2 Å². The lowest BCUT2D eigenvalue weighted by Gasteiger charge is -2.27. The van der Waals surface area contributed by atoms with Gasteiger partial charge in [0, 0.05) is 30.2 Å². The number of morpholine rings is 1. The number of thioether (sulfide) groups is 1. The molecule has 0 unspecified atom stereocenters. The number of thiophene rings is 1. The van der Waals surface area contributed by atoms with Crippen LogP contribution in [-0.2, 0) is 34.7 Å². The van der Waals surface area contributed by atoms with Gasteiger partial charge in [-0.2, -0.15) is 0 Å². The number of carbonyl (C=O) groups excluding carboxylic acids is 1. The first kappa shape index (κ1) is 21.6. The lowest BCUT2D eigenvalue weighted by atomic mass is 10.1. The summed E-state index contributed by atoms with van der Waals surface area (Å²) in [6.07, 6.45) is 3.15. The highest BCUT2D eigenvalue weighted by molar-refractivity contribution is 7.99. The zero-order valence-electron chi connectivity index (χ0n) is 17.8. The summed E-state index contributed by atoms with van der Waals surface area (Å²) < 4.78 is 5.42. The van der Waals surface area contributed by atoms with Crippen molar-refractivity contribution in [3.05, 3.63) is 56.4 Å². The van der Waals surface area contributed by atoms with Crippen LogP contribution >= 0.6 is 23.1 Å². The first-order chi connectivity index (χ1) is 15.7. The molecule has 0 spiro atoms. The summed E-state index contributed by atoms with van der Waals surface area (Å²) in [4.78, 5) is 37.2. The van der Waals surface area contributed by atoms with Gasteiger partial charge in [0.1, 0.15) is 10.7 Å². The van der Waals surface area contributed by atoms with E-state index < -0.39 is 0 Å². The molecule has 1 amide bonds. The molecule has 1 aliphatic heterocycles. The highest BCUT2D eigenvalue weighted by Crippen LogP contribution is 2.34. The Morgan fingerprint density at radius 2 is 2.09 bits per heavy atom. The quantitative estimate of drug-likeness (QED) is 0.552. The maximum absolute atomic E-state index is 12.6. The molecule has 5 rings (SSSR count). The van der Waals surface area contributed by atoms with Crippen LogP contribution in [0.1, 0.15) is 28.2 Å². The Hall–Kier alpha value is -2.20. The number of rotatable bonds is 7. The largest absolute Gasteiger partial charge is 0.379 e. The van der Waals surface area contributed by atoms with E-state index in [0.29, 0.717) is 17.3 Å². The Morgan fingerprint density at radius 1 is 1.25 bits per heavy atom. The number of ether oxygens (including phenoxy) is 1. The standard InChI is InChI=1S/C23H26N4O3S2/c28-20(24-17-6-2-1-4-15(17)12-27-8-10-30-11-9-27)14-31-13-19-25-22(29)21-16-5-3-7-18(16)32-23(21)26-19/h1-2,4,6H,3,5,7-14H2,(H,24,28)(H,25,26,29). The summed E-state index contributed by atoms with van der Waals surface area (Å²) in [7, 11) is 0. The minimum Gasteiger partial charge on any atom is -0.379 e. The van der Waals surface area contributed by atoms with Crippen molar-refractivity contribution in [3.8, 4) is 0 Å². The number of aromatic amines is 1. The van der Waals surface area contributed by atoms with Crippen molar-refractivity contribution in [2.45, 2.75) is 31.6 Å². The molecule has 9 heteroatoms. The van der Waals surface area contributed by atoms with Gasteiger partial charge in [0.15, 0.2) is 0 Å². The third-order valence-corrected chi connectivity index (χ3v) is 8.01. The molecule has 3 aromatic rings. The smallest absolute Gasteiger partial charge is 0.259 e. The molecule has 1 aliphatic carbocycles. The molecule has 1 aromatic carbocycles. The molecule has 1 fully saturated rings. The molecular weight excluding hydrogens is 444 g/mol. The van der Waals surface area contributed by atoms with Crippen molar-refractivity contribution in [3.63, 3.8) is 0 Å². The normalized spacial score (nSPS) is 16.4. The van der Waals surface area contributed by atoms with E-state index in [0.717, 1.165) is 73.6 Å². The fourth-order valence-electron chi connectivity index (χ4n) is 4.32. The molecule has 2 aliphatic rings. The zero-order chi connectivity index (χ0) is 21.9. The average Bonchev–Trinajstić information content (AvgIpc) is 3.37. The van der Waals surface area contributed by atoms with Gasteiger partial charge in [0.05, 0.1) is 30.1 Å². The highest BCUT2D eigenvalue weighted by atomic mass is 32.2. The number of nitrogens with zero attached hydrogens (tertiary/aromatic N) is 2. The molecule has 32 heavy (non-hydrogen) atoms. The number of hydrogen-bond donors (Lipinski definition) is 2. The fourth-order valence-corrected chi connectivity index (χ4v) is 6.29. The van der Waals surface area contributed by atoms with Crippen LogP contribution in [0.15, 0.2) is 29.1 Å². The highest BCUT2D eigenvalue weighted by Gasteiger charge is 2.21. The second-order valence-electron chi connectivity index (χ2n) is 8.14. The van der Waals surface area contributed by atoms with E-state index in [4.69, 9.17) is 4.74 Å². The Labute approximate surface area is 194 Å². The average molecular weight is 471 g/mol. The molecule has 2 aromatic heterocycles. The van der Waals surface area contributed by atoms with Crippen LogP contribution in [0.3, 0.4) is 0 Å². The maximum Gasteiger partial charge on any atom is 0.259 e. The molecule has 168 valence electrons. The van der Waals surface area contributed by atoms with Crippen LogP contribution in [0, 0.1) is 0 Å². The van der Waals surface area contributed by atoms with E-state index in [1.165, 1.54) is 22.2 Å². The van der Waals surface area contributed by atoms with E-state index in [-0.39, 0.29) is 11.5 Å². The minimum atomic E-state index is -0.0528. The van der Waals surface area contributed by atoms with Crippen molar-refractivity contribution >= 4 is 44.9 Å². The number of anilines is 1. The summed E-state index contributed by atoms with van der Waals surface area (Å²) in [6.45, 7) is 4.10. The molecular formula is C23H26N4O3S2. The van der Waals surface area contributed by atoms with E-state index >= 15 is 0 Å². The zero-order valence-corrected chi connectivity index (χ0v) is 19.4. The predicted octanol–water partition coefficient (Wildman–Crippen LogP) is 3.18. The van der Waals surface area contributed by atoms with Gasteiger partial charge in [-0.3, -0.25) is 14.5 Å². The summed E-state index contributed by atoms with van der Waals surface area (Å²) in [5.74, 6) is 1.38. The Bertz CT molecular complexity index is 1180. The topological polar surface area (TPSA) is 87.3 Å². The fraction of sp³-hybridized carbons (Fsp3) is 0.435. The van der Waals surface area contributed by atoms with Crippen molar-refractivity contribution in [1.82, 2.24) is 14.9 Å². The van der Waals surface area contributed by atoms with Gasteiger partial charge in [-0.05, 0) is 36.5 Å².